The molecule has 0 fully saturated rings. The Morgan fingerprint density at radius 1 is 1.00 bits per heavy atom. The number of nitrogens with one attached hydrogen (secondary N) is 1. The maximum atomic E-state index is 12.0. The van der Waals surface area contributed by atoms with E-state index in [1.807, 2.05) is 0 Å². The van der Waals surface area contributed by atoms with Gasteiger partial charge in [-0.3, -0.25) is 4.79 Å². The van der Waals surface area contributed by atoms with Crippen LogP contribution < -0.4 is 5.32 Å². The zero-order valence-electron chi connectivity index (χ0n) is 12.8. The summed E-state index contributed by atoms with van der Waals surface area (Å²) in [6.07, 6.45) is 1.15. The molecule has 7 heteroatoms. The van der Waals surface area contributed by atoms with E-state index in [0.717, 1.165) is 6.26 Å². The minimum Gasteiger partial charge on any atom is -0.465 e. The molecule has 0 aliphatic rings. The van der Waals surface area contributed by atoms with Crippen LogP contribution in [0.3, 0.4) is 0 Å². The van der Waals surface area contributed by atoms with E-state index in [1.165, 1.54) is 21.1 Å². The molecule has 2 aromatic rings. The fraction of sp³-hybridized carbons (Fsp3) is 0.188. The molecule has 0 aliphatic carbocycles. The molecule has 1 aromatic carbocycles. The van der Waals surface area contributed by atoms with Gasteiger partial charge in [-0.2, -0.15) is 0 Å². The second-order valence-electron chi connectivity index (χ2n) is 4.60. The minimum absolute atomic E-state index is 0.00775. The highest BCUT2D eigenvalue weighted by atomic mass is 16.5. The normalized spacial score (nSPS) is 10.0. The van der Waals surface area contributed by atoms with Crippen molar-refractivity contribution in [2.75, 3.05) is 19.5 Å². The molecule has 0 aliphatic heterocycles. The predicted octanol–water partition coefficient (Wildman–Crippen LogP) is 2.48. The summed E-state index contributed by atoms with van der Waals surface area (Å²) in [4.78, 5) is 34.7. The van der Waals surface area contributed by atoms with Crippen molar-refractivity contribution in [3.8, 4) is 11.3 Å². The first-order valence-corrected chi connectivity index (χ1v) is 6.64. The molecule has 120 valence electrons. The molecule has 1 heterocycles. The lowest BCUT2D eigenvalue weighted by atomic mass is 10.0. The zero-order valence-corrected chi connectivity index (χ0v) is 12.8. The summed E-state index contributed by atoms with van der Waals surface area (Å²) in [5.41, 5.74) is 1.13. The van der Waals surface area contributed by atoms with E-state index in [-0.39, 0.29) is 22.8 Å². The van der Waals surface area contributed by atoms with E-state index < -0.39 is 11.9 Å². The highest BCUT2D eigenvalue weighted by Crippen LogP contribution is 2.30. The molecule has 2 rings (SSSR count). The lowest BCUT2D eigenvalue weighted by molar-refractivity contribution is -0.114. The van der Waals surface area contributed by atoms with Gasteiger partial charge in [0, 0.05) is 18.2 Å². The third-order valence-corrected chi connectivity index (χ3v) is 3.05. The number of ether oxygens (including phenoxy) is 2. The van der Waals surface area contributed by atoms with Gasteiger partial charge in [-0.05, 0) is 24.3 Å². The highest BCUT2D eigenvalue weighted by molar-refractivity contribution is 6.07. The van der Waals surface area contributed by atoms with Gasteiger partial charge in [-0.25, -0.2) is 9.59 Å². The summed E-state index contributed by atoms with van der Waals surface area (Å²) in [5.74, 6) is -1.42. The van der Waals surface area contributed by atoms with Crippen molar-refractivity contribution in [3.63, 3.8) is 0 Å². The van der Waals surface area contributed by atoms with Crippen LogP contribution in [-0.2, 0) is 14.3 Å². The summed E-state index contributed by atoms with van der Waals surface area (Å²) >= 11 is 0. The zero-order chi connectivity index (χ0) is 17.0. The molecule has 23 heavy (non-hydrogen) atoms. The Balaban J connectivity index is 2.46. The number of methoxy groups -OCH3 is 2. The SMILES string of the molecule is COC(=O)c1coc(-c2ccc(NC(C)=O)cc2)c1C(=O)OC. The molecule has 0 radical (unpaired) electrons. The molecular weight excluding hydrogens is 302 g/mol. The van der Waals surface area contributed by atoms with Crippen molar-refractivity contribution >= 4 is 23.5 Å². The lowest BCUT2D eigenvalue weighted by Crippen LogP contribution is -2.10. The van der Waals surface area contributed by atoms with E-state index in [2.05, 4.69) is 10.1 Å². The van der Waals surface area contributed by atoms with Gasteiger partial charge in [0.1, 0.15) is 23.2 Å². The molecule has 1 N–H and O–H groups in total. The van der Waals surface area contributed by atoms with Crippen LogP contribution in [0.25, 0.3) is 11.3 Å². The first-order chi connectivity index (χ1) is 11.0. The van der Waals surface area contributed by atoms with Crippen molar-refractivity contribution < 1.29 is 28.3 Å². The van der Waals surface area contributed by atoms with Crippen LogP contribution in [0.1, 0.15) is 27.6 Å². The van der Waals surface area contributed by atoms with E-state index in [0.29, 0.717) is 11.3 Å². The highest BCUT2D eigenvalue weighted by Gasteiger charge is 2.27. The van der Waals surface area contributed by atoms with Gasteiger partial charge in [-0.15, -0.1) is 0 Å². The van der Waals surface area contributed by atoms with Crippen LogP contribution in [0.2, 0.25) is 0 Å². The summed E-state index contributed by atoms with van der Waals surface area (Å²) in [6.45, 7) is 1.40. The van der Waals surface area contributed by atoms with Crippen molar-refractivity contribution in [1.29, 1.82) is 0 Å². The largest absolute Gasteiger partial charge is 0.465 e. The minimum atomic E-state index is -0.708. The topological polar surface area (TPSA) is 94.8 Å². The van der Waals surface area contributed by atoms with Crippen molar-refractivity contribution in [2.45, 2.75) is 6.92 Å². The third-order valence-electron chi connectivity index (χ3n) is 3.05. The Morgan fingerprint density at radius 3 is 2.13 bits per heavy atom. The second-order valence-corrected chi connectivity index (χ2v) is 4.60. The lowest BCUT2D eigenvalue weighted by Gasteiger charge is -2.05. The van der Waals surface area contributed by atoms with Gasteiger partial charge in [0.15, 0.2) is 0 Å². The van der Waals surface area contributed by atoms with Gasteiger partial charge < -0.3 is 19.2 Å². The Labute approximate surface area is 132 Å². The van der Waals surface area contributed by atoms with Crippen molar-refractivity contribution in [3.05, 3.63) is 41.7 Å². The van der Waals surface area contributed by atoms with Crippen LogP contribution >= 0.6 is 0 Å². The third kappa shape index (κ3) is 3.39. The predicted molar refractivity (Wildman–Crippen MR) is 81.1 cm³/mol. The molecule has 1 aromatic heterocycles. The molecule has 0 saturated heterocycles. The Morgan fingerprint density at radius 2 is 1.61 bits per heavy atom. The monoisotopic (exact) mass is 317 g/mol. The number of hydrogen-bond acceptors (Lipinski definition) is 6. The fourth-order valence-corrected chi connectivity index (χ4v) is 2.04. The maximum Gasteiger partial charge on any atom is 0.342 e. The summed E-state index contributed by atoms with van der Waals surface area (Å²) in [7, 11) is 2.42. The van der Waals surface area contributed by atoms with Crippen LogP contribution in [0.5, 0.6) is 0 Å². The van der Waals surface area contributed by atoms with Gasteiger partial charge >= 0.3 is 11.9 Å². The summed E-state index contributed by atoms with van der Waals surface area (Å²) in [6, 6.07) is 6.60. The number of anilines is 1. The molecule has 0 atom stereocenters. The molecule has 0 bridgehead atoms. The maximum absolute atomic E-state index is 12.0. The number of furan rings is 1. The number of hydrogen-bond donors (Lipinski definition) is 1. The van der Waals surface area contributed by atoms with Gasteiger partial charge in [-0.1, -0.05) is 0 Å². The molecular formula is C16H15NO6. The van der Waals surface area contributed by atoms with Crippen LogP contribution in [0, 0.1) is 0 Å². The second kappa shape index (κ2) is 6.78. The quantitative estimate of drug-likeness (QED) is 0.870. The average molecular weight is 317 g/mol. The number of esters is 2. The smallest absolute Gasteiger partial charge is 0.342 e. The number of rotatable bonds is 4. The van der Waals surface area contributed by atoms with E-state index in [9.17, 15) is 14.4 Å². The number of benzene rings is 1. The first kappa shape index (κ1) is 16.3. The Bertz CT molecular complexity index is 744. The van der Waals surface area contributed by atoms with Crippen LogP contribution in [0.15, 0.2) is 34.9 Å². The van der Waals surface area contributed by atoms with Crippen molar-refractivity contribution in [2.24, 2.45) is 0 Å². The fourth-order valence-electron chi connectivity index (χ4n) is 2.04. The number of carbonyl (C=O) groups is 3. The molecule has 7 nitrogen and oxygen atoms in total. The van der Waals surface area contributed by atoms with Crippen LogP contribution in [-0.4, -0.2) is 32.1 Å². The van der Waals surface area contributed by atoms with Crippen LogP contribution in [0.4, 0.5) is 5.69 Å². The Hall–Kier alpha value is -3.09. The molecule has 0 unspecified atom stereocenters. The molecule has 0 saturated carbocycles. The number of carbonyl (C=O) groups excluding carboxylic acids is 3. The van der Waals surface area contributed by atoms with Crippen molar-refractivity contribution in [1.82, 2.24) is 0 Å². The van der Waals surface area contributed by atoms with E-state index in [1.54, 1.807) is 24.3 Å². The average Bonchev–Trinajstić information content (AvgIpc) is 2.98. The number of amides is 1. The summed E-state index contributed by atoms with van der Waals surface area (Å²) in [5, 5.41) is 2.63. The molecule has 0 spiro atoms. The van der Waals surface area contributed by atoms with Gasteiger partial charge in [0.05, 0.1) is 14.2 Å². The summed E-state index contributed by atoms with van der Waals surface area (Å²) < 4.78 is 14.7. The standard InChI is InChI=1S/C16H15NO6/c1-9(18)17-11-6-4-10(5-7-11)14-13(16(20)22-3)12(8-23-14)15(19)21-2/h4-8H,1-3H3,(H,17,18). The van der Waals surface area contributed by atoms with Gasteiger partial charge in [0.25, 0.3) is 0 Å². The van der Waals surface area contributed by atoms with E-state index >= 15 is 0 Å². The first-order valence-electron chi connectivity index (χ1n) is 6.64. The Kier molecular flexibility index (Phi) is 4.80. The van der Waals surface area contributed by atoms with Gasteiger partial charge in [0.2, 0.25) is 5.91 Å². The molecule has 1 amide bonds. The van der Waals surface area contributed by atoms with E-state index in [4.69, 9.17) is 9.15 Å².